The minimum Gasteiger partial charge on any atom is -0.445 e. The van der Waals surface area contributed by atoms with Gasteiger partial charge in [-0.1, -0.05) is 137 Å². The minimum absolute atomic E-state index is 0.132. The summed E-state index contributed by atoms with van der Waals surface area (Å²) in [7, 11) is 0. The molecular formula is C53H68N8O10. The molecule has 0 radical (unpaired) electrons. The highest BCUT2D eigenvalue weighted by molar-refractivity contribution is 5.98. The van der Waals surface area contributed by atoms with Gasteiger partial charge in [0.25, 0.3) is 0 Å². The van der Waals surface area contributed by atoms with Crippen LogP contribution in [0.25, 0.3) is 0 Å². The summed E-state index contributed by atoms with van der Waals surface area (Å²) in [5.41, 5.74) is 2.97. The van der Waals surface area contributed by atoms with E-state index in [1.165, 1.54) is 11.8 Å². The largest absolute Gasteiger partial charge is 0.445 e. The number of hydrogen-bond acceptors (Lipinski definition) is 10. The van der Waals surface area contributed by atoms with Crippen LogP contribution in [0, 0.1) is 34.8 Å². The number of aryl methyl sites for hydroxylation is 1. The molecule has 6 rings (SSSR count). The fraction of sp³-hybridized carbons (Fsp3) is 0.491. The van der Waals surface area contributed by atoms with Crippen molar-refractivity contribution in [2.24, 2.45) is 17.8 Å². The smallest absolute Gasteiger partial charge is 0.408 e. The lowest BCUT2D eigenvalue weighted by Crippen LogP contribution is -2.63. The Bertz CT molecular complexity index is 2420. The van der Waals surface area contributed by atoms with E-state index in [1.807, 2.05) is 45.1 Å². The van der Waals surface area contributed by atoms with Crippen molar-refractivity contribution in [2.45, 2.75) is 141 Å². The number of amides is 7. The number of fused-ring (bicyclic) bond motifs is 1. The summed E-state index contributed by atoms with van der Waals surface area (Å²) >= 11 is 0. The minimum atomic E-state index is -1.57. The number of allylic oxidation sites excluding steroid dienone is 1. The number of carbonyl (C=O) groups is 7. The second-order valence-corrected chi connectivity index (χ2v) is 19.4. The van der Waals surface area contributed by atoms with E-state index in [0.717, 1.165) is 5.56 Å². The van der Waals surface area contributed by atoms with Crippen LogP contribution in [0.2, 0.25) is 0 Å². The Morgan fingerprint density at radius 3 is 1.89 bits per heavy atom. The molecule has 0 bridgehead atoms. The molecule has 0 aromatic heterocycles. The van der Waals surface area contributed by atoms with Crippen LogP contribution in [-0.2, 0) is 40.1 Å². The molecule has 0 spiro atoms. The highest BCUT2D eigenvalue weighted by Gasteiger charge is 2.51. The van der Waals surface area contributed by atoms with E-state index in [4.69, 9.17) is 4.74 Å². The first-order valence-electron chi connectivity index (χ1n) is 24.6. The standard InChI is InChI=1S/C53H68N8O10/c1-8-16-36-25-42-48(63)54-34(7)46(59-53(68)71-29-35-23-21-30(3)22-24-35)51(66)58-44(32(5)37-17-12-10-13-18-37)49(64)55-40(26-39-27-41(39)61(69)70)47(62)57-45(33(6)38-19-14-11-15-20-38)50(65)56-43(31(4)9-2)52(67)60(42)28-36/h8,10-24,31-34,36,39-46H,9,25-29H2,1-7H3,(H,54,63)(H,55,64)(H,56,65)(H,57,62)(H,58,66)(H,59,68)/b16-8-/t31-,32+,33+,34+,36-,39-,40+,41-,42-,43+,44-,45-,46+/m0/s1. The molecule has 2 saturated heterocycles. The Labute approximate surface area is 415 Å². The van der Waals surface area contributed by atoms with Gasteiger partial charge in [0.1, 0.15) is 42.9 Å². The quantitative estimate of drug-likeness (QED) is 0.0793. The van der Waals surface area contributed by atoms with Crippen LogP contribution in [0.5, 0.6) is 0 Å². The van der Waals surface area contributed by atoms with Crippen LogP contribution >= 0.6 is 0 Å². The molecule has 2 heterocycles. The van der Waals surface area contributed by atoms with Gasteiger partial charge in [0.05, 0.1) is 6.04 Å². The van der Waals surface area contributed by atoms with E-state index < -0.39 is 118 Å². The average Bonchev–Trinajstić information content (AvgIpc) is 4.02. The van der Waals surface area contributed by atoms with E-state index in [2.05, 4.69) is 31.9 Å². The maximum absolute atomic E-state index is 15.0. The number of nitrogens with one attached hydrogen (secondary N) is 6. The molecule has 18 heteroatoms. The van der Waals surface area contributed by atoms with Crippen molar-refractivity contribution in [3.05, 3.63) is 129 Å². The van der Waals surface area contributed by atoms with Gasteiger partial charge >= 0.3 is 6.09 Å². The van der Waals surface area contributed by atoms with Crippen LogP contribution in [-0.4, -0.2) is 106 Å². The highest BCUT2D eigenvalue weighted by atomic mass is 16.6. The highest BCUT2D eigenvalue weighted by Crippen LogP contribution is 2.37. The second-order valence-electron chi connectivity index (χ2n) is 19.4. The zero-order valence-corrected chi connectivity index (χ0v) is 41.5. The Morgan fingerprint density at radius 1 is 0.775 bits per heavy atom. The Hall–Kier alpha value is -7.11. The first-order valence-corrected chi connectivity index (χ1v) is 24.6. The Balaban J connectivity index is 1.45. The van der Waals surface area contributed by atoms with Crippen LogP contribution < -0.4 is 31.9 Å². The van der Waals surface area contributed by atoms with Crippen molar-refractivity contribution in [2.75, 3.05) is 6.54 Å². The van der Waals surface area contributed by atoms with E-state index in [9.17, 15) is 43.7 Å². The van der Waals surface area contributed by atoms with Gasteiger partial charge in [-0.25, -0.2) is 4.79 Å². The molecule has 380 valence electrons. The van der Waals surface area contributed by atoms with E-state index in [0.29, 0.717) is 23.1 Å². The number of hydrogen-bond donors (Lipinski definition) is 6. The third kappa shape index (κ3) is 13.6. The molecule has 1 saturated carbocycles. The predicted molar refractivity (Wildman–Crippen MR) is 265 cm³/mol. The van der Waals surface area contributed by atoms with Gasteiger partial charge < -0.3 is 41.5 Å². The molecule has 3 aromatic carbocycles. The summed E-state index contributed by atoms with van der Waals surface area (Å²) in [6.45, 7) is 12.3. The molecule has 0 unspecified atom stereocenters. The first-order chi connectivity index (χ1) is 33.9. The number of alkyl carbamates (subject to hydrolysis) is 1. The Kier molecular flexibility index (Phi) is 18.1. The summed E-state index contributed by atoms with van der Waals surface area (Å²) < 4.78 is 5.55. The van der Waals surface area contributed by atoms with Crippen molar-refractivity contribution >= 4 is 41.5 Å². The van der Waals surface area contributed by atoms with E-state index >= 15 is 0 Å². The van der Waals surface area contributed by atoms with Crippen LogP contribution in [0.15, 0.2) is 97.1 Å². The van der Waals surface area contributed by atoms with Gasteiger partial charge in [-0.3, -0.25) is 38.9 Å². The summed E-state index contributed by atoms with van der Waals surface area (Å²) in [5, 5.41) is 28.8. The van der Waals surface area contributed by atoms with Crippen molar-refractivity contribution in [3.8, 4) is 0 Å². The summed E-state index contributed by atoms with van der Waals surface area (Å²) in [5.74, 6) is -7.18. The topological polar surface area (TPSA) is 247 Å². The number of nitrogens with zero attached hydrogens (tertiary/aromatic N) is 2. The van der Waals surface area contributed by atoms with Gasteiger partial charge in [-0.2, -0.15) is 0 Å². The molecule has 13 atom stereocenters. The monoisotopic (exact) mass is 977 g/mol. The van der Waals surface area contributed by atoms with Crippen LogP contribution in [0.1, 0.15) is 101 Å². The van der Waals surface area contributed by atoms with Crippen LogP contribution in [0.3, 0.4) is 0 Å². The van der Waals surface area contributed by atoms with Crippen molar-refractivity contribution < 1.29 is 43.2 Å². The van der Waals surface area contributed by atoms with Crippen molar-refractivity contribution in [3.63, 3.8) is 0 Å². The van der Waals surface area contributed by atoms with Gasteiger partial charge in [0.2, 0.25) is 41.5 Å². The zero-order chi connectivity index (χ0) is 51.5. The maximum Gasteiger partial charge on any atom is 0.408 e. The lowest BCUT2D eigenvalue weighted by Gasteiger charge is -2.34. The van der Waals surface area contributed by atoms with Gasteiger partial charge in [0.15, 0.2) is 0 Å². The maximum atomic E-state index is 15.0. The second kappa shape index (κ2) is 24.1. The van der Waals surface area contributed by atoms with Crippen molar-refractivity contribution in [1.29, 1.82) is 0 Å². The Morgan fingerprint density at radius 2 is 1.34 bits per heavy atom. The fourth-order valence-electron chi connectivity index (χ4n) is 9.47. The van der Waals surface area contributed by atoms with Crippen molar-refractivity contribution in [1.82, 2.24) is 36.8 Å². The number of nitro groups is 1. The fourth-order valence-corrected chi connectivity index (χ4v) is 9.47. The SMILES string of the molecule is C/C=C\[C@H]1C[C@H]2C(=O)N[C@H](C)[C@@H](NC(=O)OCc3ccc(C)cc3)C(=O)N[C@@H]([C@H](C)c3ccccc3)C(=O)N[C@H](C[C@H]3C[C@@H]3[N+](=O)[O-])C(=O)N[C@@H]([C@H](C)c3ccccc3)C(=O)N[C@H]([C@@H](C)CC)C(=O)N2C1. The number of rotatable bonds is 13. The predicted octanol–water partition coefficient (Wildman–Crippen LogP) is 4.55. The lowest BCUT2D eigenvalue weighted by molar-refractivity contribution is -0.498. The van der Waals surface area contributed by atoms with Gasteiger partial charge in [0, 0.05) is 35.6 Å². The zero-order valence-electron chi connectivity index (χ0n) is 41.5. The lowest BCUT2D eigenvalue weighted by atomic mass is 9.90. The molecule has 2 aliphatic heterocycles. The number of ether oxygens (including phenoxy) is 1. The molecule has 3 fully saturated rings. The number of carbonyl (C=O) groups excluding carboxylic acids is 7. The summed E-state index contributed by atoms with van der Waals surface area (Å²) in [4.78, 5) is 115. The molecule has 6 N–H and O–H groups in total. The van der Waals surface area contributed by atoms with Gasteiger partial charge in [-0.05, 0) is 62.1 Å². The molecular weight excluding hydrogens is 909 g/mol. The molecule has 7 amide bonds. The molecule has 3 aliphatic rings. The third-order valence-corrected chi connectivity index (χ3v) is 14.2. The van der Waals surface area contributed by atoms with E-state index in [-0.39, 0.29) is 38.3 Å². The summed E-state index contributed by atoms with van der Waals surface area (Å²) in [6, 6.07) is 14.9. The third-order valence-electron chi connectivity index (χ3n) is 14.2. The number of benzene rings is 3. The molecule has 71 heavy (non-hydrogen) atoms. The molecule has 18 nitrogen and oxygen atoms in total. The van der Waals surface area contributed by atoms with Gasteiger partial charge in [-0.15, -0.1) is 0 Å². The molecule has 1 aliphatic carbocycles. The van der Waals surface area contributed by atoms with Crippen LogP contribution in [0.4, 0.5) is 4.79 Å². The van der Waals surface area contributed by atoms with E-state index in [1.54, 1.807) is 93.6 Å². The summed E-state index contributed by atoms with van der Waals surface area (Å²) in [6.07, 6.45) is 3.36. The molecule has 3 aromatic rings. The normalized spacial score (nSPS) is 28.0. The average molecular weight is 977 g/mol. The first kappa shape index (κ1) is 53.2.